The summed E-state index contributed by atoms with van der Waals surface area (Å²) in [6.45, 7) is 2.53. The number of nitrogens with two attached hydrogens (primary N) is 1. The van der Waals surface area contributed by atoms with E-state index in [4.69, 9.17) is 11.0 Å². The van der Waals surface area contributed by atoms with Gasteiger partial charge in [-0.1, -0.05) is 19.1 Å². The van der Waals surface area contributed by atoms with Gasteiger partial charge in [-0.25, -0.2) is 8.42 Å². The molecule has 0 saturated carbocycles. The number of nitrogens with one attached hydrogen (secondary N) is 1. The number of benzene rings is 1. The standard InChI is InChI=1S/C13H15N5O2S/c1-2-7-18-9-12(13(15)16-18)21(19,20)17-11-6-4-3-5-10(11)8-14/h3-6,9,17H,2,7H2,1H3,(H2,15,16). The fourth-order valence-electron chi connectivity index (χ4n) is 1.84. The molecule has 3 N–H and O–H groups in total. The van der Waals surface area contributed by atoms with Gasteiger partial charge >= 0.3 is 0 Å². The van der Waals surface area contributed by atoms with E-state index >= 15 is 0 Å². The maximum atomic E-state index is 12.4. The molecular weight excluding hydrogens is 290 g/mol. The van der Waals surface area contributed by atoms with Gasteiger partial charge in [0.2, 0.25) is 0 Å². The Morgan fingerprint density at radius 2 is 2.14 bits per heavy atom. The van der Waals surface area contributed by atoms with Crippen LogP contribution in [0.3, 0.4) is 0 Å². The third-order valence-electron chi connectivity index (χ3n) is 2.79. The van der Waals surface area contributed by atoms with Gasteiger partial charge in [-0.2, -0.15) is 10.4 Å². The fraction of sp³-hybridized carbons (Fsp3) is 0.231. The zero-order valence-electron chi connectivity index (χ0n) is 11.4. The molecule has 0 radical (unpaired) electrons. The Labute approximate surface area is 123 Å². The minimum atomic E-state index is -3.88. The van der Waals surface area contributed by atoms with Crippen molar-refractivity contribution in [2.75, 3.05) is 10.5 Å². The van der Waals surface area contributed by atoms with E-state index in [0.29, 0.717) is 6.54 Å². The highest BCUT2D eigenvalue weighted by Crippen LogP contribution is 2.22. The molecule has 0 aliphatic heterocycles. The Bertz CT molecular complexity index is 789. The van der Waals surface area contributed by atoms with Crippen molar-refractivity contribution >= 4 is 21.5 Å². The van der Waals surface area contributed by atoms with Crippen molar-refractivity contribution in [1.29, 1.82) is 5.26 Å². The SMILES string of the molecule is CCCn1cc(S(=O)(=O)Nc2ccccc2C#N)c(N)n1. The van der Waals surface area contributed by atoms with Crippen molar-refractivity contribution in [1.82, 2.24) is 9.78 Å². The summed E-state index contributed by atoms with van der Waals surface area (Å²) in [5.74, 6) is -0.0645. The quantitative estimate of drug-likeness (QED) is 0.869. The number of aryl methyl sites for hydroxylation is 1. The molecule has 21 heavy (non-hydrogen) atoms. The maximum Gasteiger partial charge on any atom is 0.267 e. The molecule has 0 aliphatic rings. The number of anilines is 2. The van der Waals surface area contributed by atoms with E-state index in [1.165, 1.54) is 23.0 Å². The molecule has 0 unspecified atom stereocenters. The minimum Gasteiger partial charge on any atom is -0.381 e. The van der Waals surface area contributed by atoms with Crippen LogP contribution in [0.25, 0.3) is 0 Å². The molecular formula is C13H15N5O2S. The van der Waals surface area contributed by atoms with E-state index in [0.717, 1.165) is 6.42 Å². The molecule has 0 aliphatic carbocycles. The van der Waals surface area contributed by atoms with Crippen LogP contribution in [0.4, 0.5) is 11.5 Å². The van der Waals surface area contributed by atoms with Crippen molar-refractivity contribution in [3.63, 3.8) is 0 Å². The van der Waals surface area contributed by atoms with Crippen molar-refractivity contribution in [2.24, 2.45) is 0 Å². The predicted molar refractivity (Wildman–Crippen MR) is 78.9 cm³/mol. The summed E-state index contributed by atoms with van der Waals surface area (Å²) in [5.41, 5.74) is 6.11. The van der Waals surface area contributed by atoms with Crippen LogP contribution in [-0.2, 0) is 16.6 Å². The molecule has 0 spiro atoms. The van der Waals surface area contributed by atoms with Crippen LogP contribution in [0.2, 0.25) is 0 Å². The number of nitrogens with zero attached hydrogens (tertiary/aromatic N) is 3. The second-order valence-corrected chi connectivity index (χ2v) is 6.06. The lowest BCUT2D eigenvalue weighted by molar-refractivity contribution is 0.595. The topological polar surface area (TPSA) is 114 Å². The Morgan fingerprint density at radius 3 is 2.81 bits per heavy atom. The summed E-state index contributed by atoms with van der Waals surface area (Å²) in [7, 11) is -3.88. The molecule has 0 fully saturated rings. The van der Waals surface area contributed by atoms with Gasteiger partial charge in [-0.05, 0) is 18.6 Å². The number of hydrogen-bond donors (Lipinski definition) is 2. The van der Waals surface area contributed by atoms with Crippen molar-refractivity contribution in [3.05, 3.63) is 36.0 Å². The molecule has 0 bridgehead atoms. The van der Waals surface area contributed by atoms with Crippen LogP contribution >= 0.6 is 0 Å². The second-order valence-electron chi connectivity index (χ2n) is 4.40. The number of nitriles is 1. The summed E-state index contributed by atoms with van der Waals surface area (Å²) >= 11 is 0. The van der Waals surface area contributed by atoms with Gasteiger partial charge in [0.05, 0.1) is 11.3 Å². The van der Waals surface area contributed by atoms with Gasteiger partial charge in [0.1, 0.15) is 11.0 Å². The smallest absolute Gasteiger partial charge is 0.267 e. The van der Waals surface area contributed by atoms with Gasteiger partial charge in [0, 0.05) is 12.7 Å². The summed E-state index contributed by atoms with van der Waals surface area (Å²) in [6.07, 6.45) is 2.20. The van der Waals surface area contributed by atoms with Gasteiger partial charge in [-0.15, -0.1) is 0 Å². The third kappa shape index (κ3) is 3.14. The predicted octanol–water partition coefficient (Wildman–Crippen LogP) is 1.55. The molecule has 8 heteroatoms. The number of para-hydroxylation sites is 1. The minimum absolute atomic E-state index is 0.0645. The number of rotatable bonds is 5. The Balaban J connectivity index is 2.37. The molecule has 110 valence electrons. The summed E-state index contributed by atoms with van der Waals surface area (Å²) in [6, 6.07) is 8.27. The summed E-state index contributed by atoms with van der Waals surface area (Å²) < 4.78 is 28.6. The number of nitrogen functional groups attached to an aromatic ring is 1. The van der Waals surface area contributed by atoms with E-state index in [2.05, 4.69) is 9.82 Å². The lowest BCUT2D eigenvalue weighted by Gasteiger charge is -2.07. The van der Waals surface area contributed by atoms with Crippen molar-refractivity contribution < 1.29 is 8.42 Å². The first-order valence-corrected chi connectivity index (χ1v) is 7.81. The zero-order valence-corrected chi connectivity index (χ0v) is 12.3. The Morgan fingerprint density at radius 1 is 1.43 bits per heavy atom. The maximum absolute atomic E-state index is 12.4. The molecule has 2 aromatic rings. The lowest BCUT2D eigenvalue weighted by atomic mass is 10.2. The van der Waals surface area contributed by atoms with E-state index in [1.807, 2.05) is 13.0 Å². The molecule has 2 rings (SSSR count). The van der Waals surface area contributed by atoms with Crippen LogP contribution in [0.5, 0.6) is 0 Å². The molecule has 1 heterocycles. The first kappa shape index (κ1) is 14.9. The zero-order chi connectivity index (χ0) is 15.5. The average molecular weight is 305 g/mol. The van der Waals surface area contributed by atoms with Crippen molar-refractivity contribution in [2.45, 2.75) is 24.8 Å². The van der Waals surface area contributed by atoms with Crippen LogP contribution in [0, 0.1) is 11.3 Å². The van der Waals surface area contributed by atoms with Crippen LogP contribution in [0.1, 0.15) is 18.9 Å². The van der Waals surface area contributed by atoms with Crippen LogP contribution < -0.4 is 10.5 Å². The number of hydrogen-bond acceptors (Lipinski definition) is 5. The van der Waals surface area contributed by atoms with E-state index in [-0.39, 0.29) is 22.0 Å². The second kappa shape index (κ2) is 5.85. The van der Waals surface area contributed by atoms with E-state index < -0.39 is 10.0 Å². The normalized spacial score (nSPS) is 11.0. The first-order chi connectivity index (χ1) is 9.97. The molecule has 7 nitrogen and oxygen atoms in total. The largest absolute Gasteiger partial charge is 0.381 e. The lowest BCUT2D eigenvalue weighted by Crippen LogP contribution is -2.14. The average Bonchev–Trinajstić information content (AvgIpc) is 2.81. The number of aromatic nitrogens is 2. The summed E-state index contributed by atoms with van der Waals surface area (Å²) in [4.78, 5) is -0.0938. The Kier molecular flexibility index (Phi) is 4.14. The van der Waals surface area contributed by atoms with E-state index in [1.54, 1.807) is 12.1 Å². The van der Waals surface area contributed by atoms with Gasteiger partial charge in [0.15, 0.2) is 5.82 Å². The monoisotopic (exact) mass is 305 g/mol. The van der Waals surface area contributed by atoms with Gasteiger partial charge < -0.3 is 5.73 Å². The number of sulfonamides is 1. The van der Waals surface area contributed by atoms with Gasteiger partial charge in [-0.3, -0.25) is 9.40 Å². The van der Waals surface area contributed by atoms with Crippen LogP contribution in [0.15, 0.2) is 35.4 Å². The molecule has 0 atom stereocenters. The first-order valence-electron chi connectivity index (χ1n) is 6.33. The molecule has 0 amide bonds. The fourth-order valence-corrected chi connectivity index (χ4v) is 2.99. The third-order valence-corrected chi connectivity index (χ3v) is 4.17. The highest BCUT2D eigenvalue weighted by atomic mass is 32.2. The van der Waals surface area contributed by atoms with Gasteiger partial charge in [0.25, 0.3) is 10.0 Å². The Hall–Kier alpha value is -2.53. The summed E-state index contributed by atoms with van der Waals surface area (Å²) in [5, 5.41) is 12.9. The molecule has 0 saturated heterocycles. The molecule has 1 aromatic carbocycles. The van der Waals surface area contributed by atoms with Crippen molar-refractivity contribution in [3.8, 4) is 6.07 Å². The van der Waals surface area contributed by atoms with Crippen LogP contribution in [-0.4, -0.2) is 18.2 Å². The van der Waals surface area contributed by atoms with E-state index in [9.17, 15) is 8.42 Å². The molecule has 1 aromatic heterocycles. The highest BCUT2D eigenvalue weighted by Gasteiger charge is 2.22. The highest BCUT2D eigenvalue weighted by molar-refractivity contribution is 7.92.